The van der Waals surface area contributed by atoms with Crippen LogP contribution in [0.4, 0.5) is 5.69 Å². The normalized spacial score (nSPS) is 11.9. The van der Waals surface area contributed by atoms with Crippen LogP contribution in [0.5, 0.6) is 0 Å². The second-order valence-electron chi connectivity index (χ2n) is 3.93. The molecule has 0 aliphatic heterocycles. The van der Waals surface area contributed by atoms with E-state index >= 15 is 0 Å². The Hall–Kier alpha value is -1.44. The van der Waals surface area contributed by atoms with Crippen LogP contribution in [-0.2, 0) is 9.59 Å². The van der Waals surface area contributed by atoms with Gasteiger partial charge in [-0.2, -0.15) is 0 Å². The molecule has 104 valence electrons. The van der Waals surface area contributed by atoms with Crippen LogP contribution in [-0.4, -0.2) is 36.2 Å². The van der Waals surface area contributed by atoms with Gasteiger partial charge in [-0.3, -0.25) is 4.79 Å². The molecule has 0 radical (unpaired) electrons. The largest absolute Gasteiger partial charge is 0.544 e. The molecule has 1 amide bonds. The lowest BCUT2D eigenvalue weighted by molar-refractivity contribution is -0.683. The predicted octanol–water partition coefficient (Wildman–Crippen LogP) is -1.55. The number of aliphatic hydroxyl groups is 1. The average molecular weight is 331 g/mol. The first kappa shape index (κ1) is 15.6. The highest BCUT2D eigenvalue weighted by atomic mass is 79.9. The zero-order valence-electron chi connectivity index (χ0n) is 10.1. The minimum atomic E-state index is -1.32. The van der Waals surface area contributed by atoms with Gasteiger partial charge in [0.05, 0.1) is 25.5 Å². The summed E-state index contributed by atoms with van der Waals surface area (Å²) in [6.07, 6.45) is -0.210. The van der Waals surface area contributed by atoms with Gasteiger partial charge in [0, 0.05) is 10.2 Å². The van der Waals surface area contributed by atoms with Gasteiger partial charge in [0.15, 0.2) is 0 Å². The third-order valence-corrected chi connectivity index (χ3v) is 2.94. The maximum atomic E-state index is 11.7. The van der Waals surface area contributed by atoms with Crippen LogP contribution in [0.1, 0.15) is 6.42 Å². The molecule has 19 heavy (non-hydrogen) atoms. The molecule has 1 rings (SSSR count). The van der Waals surface area contributed by atoms with Crippen molar-refractivity contribution in [3.05, 3.63) is 28.7 Å². The summed E-state index contributed by atoms with van der Waals surface area (Å²) in [7, 11) is 0. The van der Waals surface area contributed by atoms with Crippen LogP contribution in [0.2, 0.25) is 0 Å². The minimum absolute atomic E-state index is 0.155. The van der Waals surface area contributed by atoms with Crippen LogP contribution in [0.3, 0.4) is 0 Å². The number of carbonyl (C=O) groups excluding carboxylic acids is 2. The SMILES string of the molecule is O=C(C[C@@H]([NH2+]CCO)C(=O)[O-])Nc1ccc(Br)cc1. The zero-order chi connectivity index (χ0) is 14.3. The van der Waals surface area contributed by atoms with Gasteiger partial charge in [-0.15, -0.1) is 0 Å². The lowest BCUT2D eigenvalue weighted by Gasteiger charge is -2.15. The first-order valence-electron chi connectivity index (χ1n) is 5.73. The Kier molecular flexibility index (Phi) is 6.48. The van der Waals surface area contributed by atoms with Gasteiger partial charge in [-0.05, 0) is 24.3 Å². The maximum absolute atomic E-state index is 11.7. The second kappa shape index (κ2) is 7.88. The molecule has 0 saturated heterocycles. The Balaban J connectivity index is 2.52. The van der Waals surface area contributed by atoms with Gasteiger partial charge >= 0.3 is 0 Å². The van der Waals surface area contributed by atoms with E-state index in [2.05, 4.69) is 21.2 Å². The molecule has 0 unspecified atom stereocenters. The molecule has 1 aromatic carbocycles. The number of aliphatic carboxylic acids is 1. The number of rotatable bonds is 7. The van der Waals surface area contributed by atoms with E-state index in [-0.39, 0.29) is 19.6 Å². The third kappa shape index (κ3) is 5.82. The number of carboxylic acid groups (broad SMARTS) is 1. The molecule has 0 heterocycles. The standard InChI is InChI=1S/C12H15BrN2O4/c13-8-1-3-9(4-2-8)15-11(17)7-10(12(18)19)14-5-6-16/h1-4,10,14,16H,5-7H2,(H,15,17)(H,18,19)/t10-/m1/s1. The van der Waals surface area contributed by atoms with Crippen LogP contribution in [0.25, 0.3) is 0 Å². The molecule has 0 aliphatic carbocycles. The predicted molar refractivity (Wildman–Crippen MR) is 70.1 cm³/mol. The summed E-state index contributed by atoms with van der Waals surface area (Å²) in [5.41, 5.74) is 0.590. The summed E-state index contributed by atoms with van der Waals surface area (Å²) in [5.74, 6) is -1.73. The summed E-state index contributed by atoms with van der Waals surface area (Å²) in [6, 6.07) is 5.94. The van der Waals surface area contributed by atoms with Gasteiger partial charge in [0.2, 0.25) is 5.91 Å². The fourth-order valence-corrected chi connectivity index (χ4v) is 1.75. The van der Waals surface area contributed by atoms with E-state index in [0.717, 1.165) is 4.47 Å². The topological polar surface area (TPSA) is 106 Å². The molecule has 7 heteroatoms. The second-order valence-corrected chi connectivity index (χ2v) is 4.85. The van der Waals surface area contributed by atoms with Crippen molar-refractivity contribution >= 4 is 33.5 Å². The van der Waals surface area contributed by atoms with E-state index in [1.807, 2.05) is 0 Å². The number of quaternary nitrogens is 1. The molecule has 0 spiro atoms. The van der Waals surface area contributed by atoms with Crippen molar-refractivity contribution in [3.63, 3.8) is 0 Å². The fourth-order valence-electron chi connectivity index (χ4n) is 1.48. The summed E-state index contributed by atoms with van der Waals surface area (Å²) >= 11 is 3.27. The first-order chi connectivity index (χ1) is 9.02. The van der Waals surface area contributed by atoms with Gasteiger partial charge in [-0.25, -0.2) is 0 Å². The summed E-state index contributed by atoms with van der Waals surface area (Å²) in [6.45, 7) is 0.0579. The number of benzene rings is 1. The molecular formula is C12H15BrN2O4. The Morgan fingerprint density at radius 1 is 1.37 bits per heavy atom. The van der Waals surface area contributed by atoms with E-state index in [1.165, 1.54) is 5.32 Å². The highest BCUT2D eigenvalue weighted by molar-refractivity contribution is 9.10. The van der Waals surface area contributed by atoms with Crippen LogP contribution < -0.4 is 15.7 Å². The molecule has 0 fully saturated rings. The Bertz CT molecular complexity index is 436. The molecule has 0 aliphatic rings. The molecule has 0 aromatic heterocycles. The molecule has 0 bridgehead atoms. The molecule has 0 saturated carbocycles. The number of carboxylic acids is 1. The maximum Gasteiger partial charge on any atom is 0.230 e. The number of hydrogen-bond acceptors (Lipinski definition) is 4. The smallest absolute Gasteiger partial charge is 0.230 e. The van der Waals surface area contributed by atoms with E-state index < -0.39 is 17.9 Å². The number of halogens is 1. The van der Waals surface area contributed by atoms with Crippen molar-refractivity contribution in [1.82, 2.24) is 0 Å². The third-order valence-electron chi connectivity index (χ3n) is 2.42. The molecule has 1 aromatic rings. The Morgan fingerprint density at radius 3 is 2.53 bits per heavy atom. The number of nitrogens with two attached hydrogens (primary N) is 1. The number of carbonyl (C=O) groups is 2. The minimum Gasteiger partial charge on any atom is -0.544 e. The lowest BCUT2D eigenvalue weighted by Crippen LogP contribution is -2.94. The summed E-state index contributed by atoms with van der Waals surface area (Å²) in [5, 5.41) is 23.4. The molecule has 6 nitrogen and oxygen atoms in total. The van der Waals surface area contributed by atoms with Gasteiger partial charge in [0.25, 0.3) is 0 Å². The van der Waals surface area contributed by atoms with Crippen LogP contribution in [0.15, 0.2) is 28.7 Å². The lowest BCUT2D eigenvalue weighted by atomic mass is 10.2. The number of hydrogen-bond donors (Lipinski definition) is 3. The van der Waals surface area contributed by atoms with Crippen molar-refractivity contribution in [2.24, 2.45) is 0 Å². The van der Waals surface area contributed by atoms with Crippen molar-refractivity contribution < 1.29 is 25.1 Å². The van der Waals surface area contributed by atoms with Gasteiger partial charge in [-0.1, -0.05) is 15.9 Å². The molecular weight excluding hydrogens is 316 g/mol. The highest BCUT2D eigenvalue weighted by Crippen LogP contribution is 2.14. The fraction of sp³-hybridized carbons (Fsp3) is 0.333. The zero-order valence-corrected chi connectivity index (χ0v) is 11.7. The highest BCUT2D eigenvalue weighted by Gasteiger charge is 2.17. The number of nitrogens with one attached hydrogen (secondary N) is 1. The average Bonchev–Trinajstić information content (AvgIpc) is 2.37. The van der Waals surface area contributed by atoms with Crippen LogP contribution in [0, 0.1) is 0 Å². The van der Waals surface area contributed by atoms with E-state index in [9.17, 15) is 14.7 Å². The first-order valence-corrected chi connectivity index (χ1v) is 6.52. The van der Waals surface area contributed by atoms with Crippen molar-refractivity contribution in [3.8, 4) is 0 Å². The molecule has 1 atom stereocenters. The monoisotopic (exact) mass is 330 g/mol. The number of amides is 1. The van der Waals surface area contributed by atoms with Gasteiger partial charge < -0.3 is 25.6 Å². The van der Waals surface area contributed by atoms with E-state index in [4.69, 9.17) is 5.11 Å². The number of anilines is 1. The quantitative estimate of drug-likeness (QED) is 0.562. The van der Waals surface area contributed by atoms with Crippen LogP contribution >= 0.6 is 15.9 Å². The van der Waals surface area contributed by atoms with E-state index in [0.29, 0.717) is 5.69 Å². The Morgan fingerprint density at radius 2 is 2.00 bits per heavy atom. The summed E-state index contributed by atoms with van der Waals surface area (Å²) < 4.78 is 0.884. The molecule has 4 N–H and O–H groups in total. The van der Waals surface area contributed by atoms with E-state index in [1.54, 1.807) is 24.3 Å². The Labute approximate surface area is 118 Å². The number of aliphatic hydroxyl groups excluding tert-OH is 1. The van der Waals surface area contributed by atoms with Crippen molar-refractivity contribution in [1.29, 1.82) is 0 Å². The summed E-state index contributed by atoms with van der Waals surface area (Å²) in [4.78, 5) is 22.5. The van der Waals surface area contributed by atoms with Gasteiger partial charge in [0.1, 0.15) is 6.04 Å². The van der Waals surface area contributed by atoms with Crippen molar-refractivity contribution in [2.75, 3.05) is 18.5 Å². The van der Waals surface area contributed by atoms with Crippen molar-refractivity contribution in [2.45, 2.75) is 12.5 Å².